The van der Waals surface area contributed by atoms with Crippen LogP contribution in [0.15, 0.2) is 48.5 Å². The molecule has 0 saturated heterocycles. The Balaban J connectivity index is 1.83. The Labute approximate surface area is 208 Å². The standard InChI is InChI=1S/C29H28ClF5/c1-3-19-12-8-9-15-29(19,30)21(4-2)24-27(34)25(32)23(26(33)28(24)35)20-14-13-18(16-22(20)31)17-10-6-5-7-11-17/h5-7,10-11,13-14,16,19,21H,3-4,8-9,12,15H2,1-2H3. The summed E-state index contributed by atoms with van der Waals surface area (Å²) >= 11 is 7.01. The molecule has 3 aromatic rings. The van der Waals surface area contributed by atoms with Crippen molar-refractivity contribution in [2.45, 2.75) is 63.2 Å². The fourth-order valence-electron chi connectivity index (χ4n) is 5.74. The molecule has 0 heterocycles. The molecule has 0 N–H and O–H groups in total. The molecule has 0 aliphatic heterocycles. The van der Waals surface area contributed by atoms with Gasteiger partial charge in [-0.3, -0.25) is 0 Å². The number of alkyl halides is 1. The Bertz CT molecular complexity index is 1180. The monoisotopic (exact) mass is 506 g/mol. The van der Waals surface area contributed by atoms with Crippen LogP contribution >= 0.6 is 11.6 Å². The van der Waals surface area contributed by atoms with Gasteiger partial charge in [0.25, 0.3) is 0 Å². The van der Waals surface area contributed by atoms with E-state index in [1.807, 2.05) is 6.92 Å². The zero-order valence-corrected chi connectivity index (χ0v) is 20.5. The molecular formula is C29H28ClF5. The van der Waals surface area contributed by atoms with Gasteiger partial charge in [0, 0.05) is 17.0 Å². The van der Waals surface area contributed by atoms with Gasteiger partial charge < -0.3 is 0 Å². The first-order chi connectivity index (χ1) is 16.7. The molecule has 1 aliphatic rings. The summed E-state index contributed by atoms with van der Waals surface area (Å²) in [5.41, 5.74) is -1.09. The van der Waals surface area contributed by atoms with Crippen molar-refractivity contribution < 1.29 is 22.0 Å². The number of rotatable bonds is 6. The molecule has 0 amide bonds. The Morgan fingerprint density at radius 1 is 0.857 bits per heavy atom. The van der Waals surface area contributed by atoms with E-state index >= 15 is 22.0 Å². The smallest absolute Gasteiger partial charge is 0.170 e. The van der Waals surface area contributed by atoms with Gasteiger partial charge in [0.05, 0.1) is 10.4 Å². The SMILES string of the molecule is CCC1CCCCC1(Cl)C(CC)c1c(F)c(F)c(-c2ccc(-c3ccccc3)cc2F)c(F)c1F. The average molecular weight is 507 g/mol. The predicted molar refractivity (Wildman–Crippen MR) is 131 cm³/mol. The van der Waals surface area contributed by atoms with Crippen molar-refractivity contribution in [1.82, 2.24) is 0 Å². The maximum absolute atomic E-state index is 15.5. The Morgan fingerprint density at radius 2 is 1.51 bits per heavy atom. The summed E-state index contributed by atoms with van der Waals surface area (Å²) in [5, 5.41) is 0. The van der Waals surface area contributed by atoms with Crippen LogP contribution in [0.2, 0.25) is 0 Å². The molecular weight excluding hydrogens is 479 g/mol. The van der Waals surface area contributed by atoms with Crippen LogP contribution in [0, 0.1) is 35.0 Å². The number of hydrogen-bond donors (Lipinski definition) is 0. The van der Waals surface area contributed by atoms with Crippen molar-refractivity contribution >= 4 is 11.6 Å². The lowest BCUT2D eigenvalue weighted by Gasteiger charge is -2.45. The Morgan fingerprint density at radius 3 is 2.09 bits per heavy atom. The maximum atomic E-state index is 15.5. The lowest BCUT2D eigenvalue weighted by atomic mass is 9.67. The summed E-state index contributed by atoms with van der Waals surface area (Å²) in [7, 11) is 0. The molecule has 4 rings (SSSR count). The summed E-state index contributed by atoms with van der Waals surface area (Å²) < 4.78 is 76.7. The molecule has 3 atom stereocenters. The van der Waals surface area contributed by atoms with Gasteiger partial charge in [-0.1, -0.05) is 75.6 Å². The third-order valence-corrected chi connectivity index (χ3v) is 8.27. The third-order valence-electron chi connectivity index (χ3n) is 7.51. The zero-order chi connectivity index (χ0) is 25.3. The molecule has 186 valence electrons. The van der Waals surface area contributed by atoms with Gasteiger partial charge in [-0.15, -0.1) is 11.6 Å². The second-order valence-corrected chi connectivity index (χ2v) is 10.0. The molecule has 0 nitrogen and oxygen atoms in total. The van der Waals surface area contributed by atoms with Crippen molar-refractivity contribution in [3.05, 3.63) is 83.2 Å². The van der Waals surface area contributed by atoms with Crippen molar-refractivity contribution in [2.24, 2.45) is 5.92 Å². The summed E-state index contributed by atoms with van der Waals surface area (Å²) in [4.78, 5) is -1.01. The Kier molecular flexibility index (Phi) is 7.56. The molecule has 0 spiro atoms. The number of hydrogen-bond acceptors (Lipinski definition) is 0. The van der Waals surface area contributed by atoms with E-state index in [-0.39, 0.29) is 12.3 Å². The highest BCUT2D eigenvalue weighted by Crippen LogP contribution is 2.53. The van der Waals surface area contributed by atoms with E-state index in [2.05, 4.69) is 0 Å². The summed E-state index contributed by atoms with van der Waals surface area (Å²) in [6.07, 6.45) is 3.94. The van der Waals surface area contributed by atoms with E-state index in [9.17, 15) is 0 Å². The molecule has 1 fully saturated rings. The van der Waals surface area contributed by atoms with Gasteiger partial charge in [0.1, 0.15) is 5.82 Å². The minimum Gasteiger partial charge on any atom is -0.206 e. The van der Waals surface area contributed by atoms with Crippen LogP contribution in [0.25, 0.3) is 22.3 Å². The summed E-state index contributed by atoms with van der Waals surface area (Å²) in [6.45, 7) is 3.67. The minimum atomic E-state index is -1.60. The van der Waals surface area contributed by atoms with Crippen LogP contribution < -0.4 is 0 Å². The quantitative estimate of drug-likeness (QED) is 0.177. The van der Waals surface area contributed by atoms with Crippen molar-refractivity contribution in [3.8, 4) is 22.3 Å². The van der Waals surface area contributed by atoms with Crippen molar-refractivity contribution in [2.75, 3.05) is 0 Å². The van der Waals surface area contributed by atoms with Crippen LogP contribution in [-0.2, 0) is 0 Å². The third kappa shape index (κ3) is 4.48. The molecule has 35 heavy (non-hydrogen) atoms. The van der Waals surface area contributed by atoms with Crippen LogP contribution in [0.4, 0.5) is 22.0 Å². The highest BCUT2D eigenvalue weighted by molar-refractivity contribution is 6.24. The molecule has 1 saturated carbocycles. The largest absolute Gasteiger partial charge is 0.206 e. The van der Waals surface area contributed by atoms with E-state index in [1.54, 1.807) is 37.3 Å². The predicted octanol–water partition coefficient (Wildman–Crippen LogP) is 9.79. The fraction of sp³-hybridized carbons (Fsp3) is 0.379. The van der Waals surface area contributed by atoms with Gasteiger partial charge >= 0.3 is 0 Å². The van der Waals surface area contributed by atoms with Crippen LogP contribution in [0.3, 0.4) is 0 Å². The van der Waals surface area contributed by atoms with E-state index in [4.69, 9.17) is 11.6 Å². The lowest BCUT2D eigenvalue weighted by Crippen LogP contribution is -2.41. The highest BCUT2D eigenvalue weighted by atomic mass is 35.5. The van der Waals surface area contributed by atoms with Gasteiger partial charge in [0.15, 0.2) is 23.3 Å². The first-order valence-electron chi connectivity index (χ1n) is 12.1. The zero-order valence-electron chi connectivity index (χ0n) is 19.8. The number of benzene rings is 3. The molecule has 3 unspecified atom stereocenters. The first kappa shape index (κ1) is 25.7. The maximum Gasteiger partial charge on any atom is 0.170 e. The van der Waals surface area contributed by atoms with Crippen LogP contribution in [-0.4, -0.2) is 4.87 Å². The molecule has 6 heteroatoms. The van der Waals surface area contributed by atoms with E-state index in [0.29, 0.717) is 24.0 Å². The van der Waals surface area contributed by atoms with E-state index < -0.39 is 56.6 Å². The van der Waals surface area contributed by atoms with Gasteiger partial charge in [-0.05, 0) is 42.4 Å². The van der Waals surface area contributed by atoms with Crippen molar-refractivity contribution in [1.29, 1.82) is 0 Å². The van der Waals surface area contributed by atoms with E-state index in [1.165, 1.54) is 6.07 Å². The normalized spacial score (nSPS) is 21.2. The van der Waals surface area contributed by atoms with Crippen molar-refractivity contribution in [3.63, 3.8) is 0 Å². The second-order valence-electron chi connectivity index (χ2n) is 9.34. The van der Waals surface area contributed by atoms with Crippen LogP contribution in [0.1, 0.15) is 63.9 Å². The Hall–Kier alpha value is -2.40. The summed E-state index contributed by atoms with van der Waals surface area (Å²) in [5.74, 6) is -8.14. The highest BCUT2D eigenvalue weighted by Gasteiger charge is 2.47. The fourth-order valence-corrected chi connectivity index (χ4v) is 6.40. The topological polar surface area (TPSA) is 0 Å². The first-order valence-corrected chi connectivity index (χ1v) is 12.5. The van der Waals surface area contributed by atoms with Crippen LogP contribution in [0.5, 0.6) is 0 Å². The average Bonchev–Trinajstić information content (AvgIpc) is 2.87. The lowest BCUT2D eigenvalue weighted by molar-refractivity contribution is 0.213. The molecule has 0 radical (unpaired) electrons. The molecule has 0 aromatic heterocycles. The minimum absolute atomic E-state index is 0.0320. The molecule has 3 aromatic carbocycles. The van der Waals surface area contributed by atoms with Gasteiger partial charge in [-0.2, -0.15) is 0 Å². The van der Waals surface area contributed by atoms with Gasteiger partial charge in [0.2, 0.25) is 0 Å². The second kappa shape index (κ2) is 10.3. The molecule has 0 bridgehead atoms. The van der Waals surface area contributed by atoms with Gasteiger partial charge in [-0.25, -0.2) is 22.0 Å². The molecule has 1 aliphatic carbocycles. The van der Waals surface area contributed by atoms with E-state index in [0.717, 1.165) is 31.4 Å². The summed E-state index contributed by atoms with van der Waals surface area (Å²) in [6, 6.07) is 12.6. The number of halogens is 6.